The molecule has 0 bridgehead atoms. The molecule has 3 rings (SSSR count). The monoisotopic (exact) mass is 364 g/mol. The summed E-state index contributed by atoms with van der Waals surface area (Å²) in [6.45, 7) is 1.86. The summed E-state index contributed by atoms with van der Waals surface area (Å²) in [5.74, 6) is -0.437. The number of aromatic nitrogens is 1. The number of fused-ring (bicyclic) bond motifs is 1. The summed E-state index contributed by atoms with van der Waals surface area (Å²) in [6.07, 6.45) is -2.92. The van der Waals surface area contributed by atoms with Gasteiger partial charge in [-0.3, -0.25) is 9.78 Å². The first-order valence-electron chi connectivity index (χ1n) is 7.64. The van der Waals surface area contributed by atoms with E-state index in [0.717, 1.165) is 29.3 Å². The SMILES string of the molecule is C[C@H](Cc1csc2ccccc12)NC(=O)c1ccc(C(F)(F)F)nc1. The molecule has 1 aromatic carbocycles. The number of thiophene rings is 1. The molecule has 1 atom stereocenters. The number of alkyl halides is 3. The fourth-order valence-corrected chi connectivity index (χ4v) is 3.55. The second-order valence-corrected chi connectivity index (χ2v) is 6.68. The van der Waals surface area contributed by atoms with Crippen molar-refractivity contribution in [2.45, 2.75) is 25.6 Å². The molecule has 2 heterocycles. The van der Waals surface area contributed by atoms with Crippen LogP contribution in [0.1, 0.15) is 28.5 Å². The number of rotatable bonds is 4. The van der Waals surface area contributed by atoms with Crippen LogP contribution in [0.4, 0.5) is 13.2 Å². The number of carbonyl (C=O) groups is 1. The predicted molar refractivity (Wildman–Crippen MR) is 91.7 cm³/mol. The van der Waals surface area contributed by atoms with E-state index >= 15 is 0 Å². The lowest BCUT2D eigenvalue weighted by Crippen LogP contribution is -2.34. The van der Waals surface area contributed by atoms with E-state index in [1.807, 2.05) is 31.2 Å². The maximum atomic E-state index is 12.5. The number of amides is 1. The zero-order chi connectivity index (χ0) is 18.0. The van der Waals surface area contributed by atoms with E-state index in [1.54, 1.807) is 11.3 Å². The zero-order valence-corrected chi connectivity index (χ0v) is 14.1. The van der Waals surface area contributed by atoms with Gasteiger partial charge in [-0.15, -0.1) is 11.3 Å². The van der Waals surface area contributed by atoms with E-state index in [1.165, 1.54) is 4.70 Å². The summed E-state index contributed by atoms with van der Waals surface area (Å²) in [5.41, 5.74) is 0.232. The van der Waals surface area contributed by atoms with Crippen molar-refractivity contribution in [3.63, 3.8) is 0 Å². The molecule has 0 radical (unpaired) electrons. The molecule has 130 valence electrons. The third kappa shape index (κ3) is 3.99. The van der Waals surface area contributed by atoms with Crippen molar-refractivity contribution < 1.29 is 18.0 Å². The van der Waals surface area contributed by atoms with Crippen molar-refractivity contribution in [3.8, 4) is 0 Å². The molecule has 3 nitrogen and oxygen atoms in total. The first-order valence-corrected chi connectivity index (χ1v) is 8.52. The number of hydrogen-bond donors (Lipinski definition) is 1. The Morgan fingerprint density at radius 3 is 2.68 bits per heavy atom. The third-order valence-electron chi connectivity index (χ3n) is 3.78. The number of benzene rings is 1. The number of nitrogens with one attached hydrogen (secondary N) is 1. The second kappa shape index (κ2) is 6.84. The zero-order valence-electron chi connectivity index (χ0n) is 13.3. The van der Waals surface area contributed by atoms with Gasteiger partial charge in [0.25, 0.3) is 5.91 Å². The van der Waals surface area contributed by atoms with Crippen molar-refractivity contribution in [3.05, 3.63) is 64.8 Å². The smallest absolute Gasteiger partial charge is 0.349 e. The maximum Gasteiger partial charge on any atom is 0.433 e. The minimum absolute atomic E-state index is 0.107. The quantitative estimate of drug-likeness (QED) is 0.731. The van der Waals surface area contributed by atoms with Crippen LogP contribution in [0.2, 0.25) is 0 Å². The predicted octanol–water partition coefficient (Wildman–Crippen LogP) is 4.68. The second-order valence-electron chi connectivity index (χ2n) is 5.77. The van der Waals surface area contributed by atoms with Gasteiger partial charge in [-0.2, -0.15) is 13.2 Å². The summed E-state index contributed by atoms with van der Waals surface area (Å²) >= 11 is 1.65. The fourth-order valence-electron chi connectivity index (χ4n) is 2.57. The highest BCUT2D eigenvalue weighted by atomic mass is 32.1. The highest BCUT2D eigenvalue weighted by molar-refractivity contribution is 7.17. The lowest BCUT2D eigenvalue weighted by atomic mass is 10.1. The van der Waals surface area contributed by atoms with E-state index < -0.39 is 17.8 Å². The van der Waals surface area contributed by atoms with Gasteiger partial charge in [0.2, 0.25) is 0 Å². The molecule has 0 unspecified atom stereocenters. The van der Waals surface area contributed by atoms with Crippen LogP contribution in [0.25, 0.3) is 10.1 Å². The molecule has 7 heteroatoms. The molecule has 1 N–H and O–H groups in total. The van der Waals surface area contributed by atoms with Crippen LogP contribution in [0.3, 0.4) is 0 Å². The average molecular weight is 364 g/mol. The number of nitrogens with zero attached hydrogens (tertiary/aromatic N) is 1. The summed E-state index contributed by atoms with van der Waals surface area (Å²) in [5, 5.41) is 6.02. The number of halogens is 3. The van der Waals surface area contributed by atoms with Gasteiger partial charge in [0.1, 0.15) is 5.69 Å². The highest BCUT2D eigenvalue weighted by Gasteiger charge is 2.32. The molecule has 1 amide bonds. The molecule has 0 aliphatic rings. The molecule has 0 aliphatic carbocycles. The van der Waals surface area contributed by atoms with Crippen molar-refractivity contribution in [1.29, 1.82) is 0 Å². The molecule has 2 aromatic heterocycles. The van der Waals surface area contributed by atoms with Crippen molar-refractivity contribution >= 4 is 27.3 Å². The molecule has 0 spiro atoms. The van der Waals surface area contributed by atoms with Crippen LogP contribution in [0.15, 0.2) is 48.0 Å². The van der Waals surface area contributed by atoms with Gasteiger partial charge in [-0.05, 0) is 47.9 Å². The van der Waals surface area contributed by atoms with Crippen molar-refractivity contribution in [2.75, 3.05) is 0 Å². The van der Waals surface area contributed by atoms with Crippen LogP contribution in [-0.4, -0.2) is 16.9 Å². The highest BCUT2D eigenvalue weighted by Crippen LogP contribution is 2.28. The summed E-state index contributed by atoms with van der Waals surface area (Å²) in [4.78, 5) is 15.5. The van der Waals surface area contributed by atoms with Crippen LogP contribution in [0, 0.1) is 0 Å². The third-order valence-corrected chi connectivity index (χ3v) is 4.79. The molecule has 0 fully saturated rings. The Balaban J connectivity index is 1.66. The van der Waals surface area contributed by atoms with E-state index in [4.69, 9.17) is 0 Å². The van der Waals surface area contributed by atoms with Gasteiger partial charge in [-0.25, -0.2) is 0 Å². The fraction of sp³-hybridized carbons (Fsp3) is 0.222. The normalized spacial score (nSPS) is 13.0. The van der Waals surface area contributed by atoms with Crippen LogP contribution >= 0.6 is 11.3 Å². The molecule has 0 saturated carbocycles. The molecule has 0 aliphatic heterocycles. The largest absolute Gasteiger partial charge is 0.433 e. The first-order chi connectivity index (χ1) is 11.8. The molecule has 25 heavy (non-hydrogen) atoms. The number of pyridine rings is 1. The van der Waals surface area contributed by atoms with E-state index in [0.29, 0.717) is 6.42 Å². The Kier molecular flexibility index (Phi) is 4.76. The minimum atomic E-state index is -4.51. The van der Waals surface area contributed by atoms with E-state index in [2.05, 4.69) is 15.7 Å². The van der Waals surface area contributed by atoms with Crippen LogP contribution in [-0.2, 0) is 12.6 Å². The summed E-state index contributed by atoms with van der Waals surface area (Å²) < 4.78 is 38.7. The molecule has 3 aromatic rings. The average Bonchev–Trinajstić information content (AvgIpc) is 2.97. The van der Waals surface area contributed by atoms with Gasteiger partial charge in [0.15, 0.2) is 0 Å². The standard InChI is InChI=1S/C18H15F3N2OS/c1-11(8-13-10-25-15-5-3-2-4-14(13)15)23-17(24)12-6-7-16(22-9-12)18(19,20)21/h2-7,9-11H,8H2,1H3,(H,23,24)/t11-/m1/s1. The summed E-state index contributed by atoms with van der Waals surface area (Å²) in [7, 11) is 0. The Labute approximate surface area is 146 Å². The first kappa shape index (κ1) is 17.4. The molecular weight excluding hydrogens is 349 g/mol. The molecular formula is C18H15F3N2OS. The van der Waals surface area contributed by atoms with Crippen molar-refractivity contribution in [2.24, 2.45) is 0 Å². The number of hydrogen-bond acceptors (Lipinski definition) is 3. The van der Waals surface area contributed by atoms with Gasteiger partial charge >= 0.3 is 6.18 Å². The lowest BCUT2D eigenvalue weighted by molar-refractivity contribution is -0.141. The van der Waals surface area contributed by atoms with Gasteiger partial charge in [-0.1, -0.05) is 18.2 Å². The van der Waals surface area contributed by atoms with Gasteiger partial charge in [0.05, 0.1) is 5.56 Å². The Hall–Kier alpha value is -2.41. The minimum Gasteiger partial charge on any atom is -0.349 e. The topological polar surface area (TPSA) is 42.0 Å². The Morgan fingerprint density at radius 1 is 1.24 bits per heavy atom. The molecule has 0 saturated heterocycles. The summed E-state index contributed by atoms with van der Waals surface area (Å²) in [6, 6.07) is 9.81. The van der Waals surface area contributed by atoms with Crippen molar-refractivity contribution in [1.82, 2.24) is 10.3 Å². The van der Waals surface area contributed by atoms with Gasteiger partial charge in [0, 0.05) is 16.9 Å². The van der Waals surface area contributed by atoms with Gasteiger partial charge < -0.3 is 5.32 Å². The maximum absolute atomic E-state index is 12.5. The number of carbonyl (C=O) groups excluding carboxylic acids is 1. The lowest BCUT2D eigenvalue weighted by Gasteiger charge is -2.14. The van der Waals surface area contributed by atoms with Crippen LogP contribution in [0.5, 0.6) is 0 Å². The van der Waals surface area contributed by atoms with E-state index in [-0.39, 0.29) is 11.6 Å². The Morgan fingerprint density at radius 2 is 2.00 bits per heavy atom. The Bertz CT molecular complexity index is 887. The van der Waals surface area contributed by atoms with Crippen LogP contribution < -0.4 is 5.32 Å². The van der Waals surface area contributed by atoms with E-state index in [9.17, 15) is 18.0 Å².